The molecule has 0 saturated heterocycles. The average Bonchev–Trinajstić information content (AvgIpc) is 2.74. The lowest BCUT2D eigenvalue weighted by atomic mass is 10.1. The standard InChI is InChI=1S/C25H28N2O3S2/c1-5-31-24-9-7-6-8-22(24)26-25(28)17-27(23-15-12-19(3)16-20(23)4)32(29,30)21-13-10-18(2)11-14-21/h6-16H,5,17H2,1-4H3,(H,26,28). The summed E-state index contributed by atoms with van der Waals surface area (Å²) in [5.74, 6) is 0.466. The highest BCUT2D eigenvalue weighted by atomic mass is 32.2. The number of nitrogens with zero attached hydrogens (tertiary/aromatic N) is 1. The quantitative estimate of drug-likeness (QED) is 0.440. The van der Waals surface area contributed by atoms with E-state index in [0.717, 1.165) is 27.3 Å². The third-order valence-electron chi connectivity index (χ3n) is 4.98. The molecule has 1 amide bonds. The van der Waals surface area contributed by atoms with E-state index < -0.39 is 15.9 Å². The van der Waals surface area contributed by atoms with Crippen molar-refractivity contribution in [1.82, 2.24) is 0 Å². The number of hydrogen-bond donors (Lipinski definition) is 1. The number of benzene rings is 3. The molecule has 0 saturated carbocycles. The van der Waals surface area contributed by atoms with Crippen LogP contribution in [-0.4, -0.2) is 26.6 Å². The number of thioether (sulfide) groups is 1. The van der Waals surface area contributed by atoms with Crippen LogP contribution in [0.25, 0.3) is 0 Å². The molecule has 5 nitrogen and oxygen atoms in total. The molecule has 0 heterocycles. The van der Waals surface area contributed by atoms with Crippen LogP contribution in [0.1, 0.15) is 23.6 Å². The first-order valence-electron chi connectivity index (χ1n) is 10.4. The van der Waals surface area contributed by atoms with E-state index in [2.05, 4.69) is 5.32 Å². The minimum Gasteiger partial charge on any atom is -0.323 e. The summed E-state index contributed by atoms with van der Waals surface area (Å²) in [4.78, 5) is 14.1. The molecule has 0 aliphatic heterocycles. The van der Waals surface area contributed by atoms with Crippen LogP contribution < -0.4 is 9.62 Å². The molecule has 0 atom stereocenters. The Morgan fingerprint density at radius 3 is 2.25 bits per heavy atom. The van der Waals surface area contributed by atoms with Crippen molar-refractivity contribution in [2.24, 2.45) is 0 Å². The van der Waals surface area contributed by atoms with Crippen LogP contribution >= 0.6 is 11.8 Å². The largest absolute Gasteiger partial charge is 0.323 e. The summed E-state index contributed by atoms with van der Waals surface area (Å²) in [6, 6.07) is 19.7. The summed E-state index contributed by atoms with van der Waals surface area (Å²) in [5.41, 5.74) is 3.94. The summed E-state index contributed by atoms with van der Waals surface area (Å²) >= 11 is 1.62. The summed E-state index contributed by atoms with van der Waals surface area (Å²) in [5, 5.41) is 2.89. The molecule has 0 aliphatic carbocycles. The van der Waals surface area contributed by atoms with Crippen molar-refractivity contribution in [3.05, 3.63) is 83.4 Å². The Hall–Kier alpha value is -2.77. The first kappa shape index (κ1) is 23.9. The van der Waals surface area contributed by atoms with E-state index in [0.29, 0.717) is 11.4 Å². The summed E-state index contributed by atoms with van der Waals surface area (Å²) in [6.45, 7) is 7.41. The molecule has 0 aromatic heterocycles. The van der Waals surface area contributed by atoms with Gasteiger partial charge in [-0.15, -0.1) is 11.8 Å². The van der Waals surface area contributed by atoms with E-state index in [1.54, 1.807) is 42.1 Å². The predicted molar refractivity (Wildman–Crippen MR) is 133 cm³/mol. The zero-order valence-electron chi connectivity index (χ0n) is 18.8. The minimum absolute atomic E-state index is 0.151. The molecule has 168 valence electrons. The van der Waals surface area contributed by atoms with Crippen molar-refractivity contribution in [2.45, 2.75) is 37.5 Å². The molecule has 3 aromatic rings. The second kappa shape index (κ2) is 10.2. The van der Waals surface area contributed by atoms with Gasteiger partial charge >= 0.3 is 0 Å². The van der Waals surface area contributed by atoms with Gasteiger partial charge in [0.25, 0.3) is 10.0 Å². The molecular formula is C25H28N2O3S2. The molecule has 0 unspecified atom stereocenters. The highest BCUT2D eigenvalue weighted by molar-refractivity contribution is 7.99. The topological polar surface area (TPSA) is 66.5 Å². The Kier molecular flexibility index (Phi) is 7.64. The van der Waals surface area contributed by atoms with Gasteiger partial charge in [0, 0.05) is 4.90 Å². The molecule has 0 radical (unpaired) electrons. The molecule has 0 bridgehead atoms. The SMILES string of the molecule is CCSc1ccccc1NC(=O)CN(c1ccc(C)cc1C)S(=O)(=O)c1ccc(C)cc1. The monoisotopic (exact) mass is 468 g/mol. The number of hydrogen-bond acceptors (Lipinski definition) is 4. The number of anilines is 2. The van der Waals surface area contributed by atoms with Crippen LogP contribution in [0.5, 0.6) is 0 Å². The van der Waals surface area contributed by atoms with Crippen molar-refractivity contribution in [1.29, 1.82) is 0 Å². The lowest BCUT2D eigenvalue weighted by molar-refractivity contribution is -0.114. The molecular weight excluding hydrogens is 440 g/mol. The Balaban J connectivity index is 1.98. The molecule has 3 aromatic carbocycles. The van der Waals surface area contributed by atoms with Gasteiger partial charge in [-0.2, -0.15) is 0 Å². The van der Waals surface area contributed by atoms with Crippen molar-refractivity contribution in [3.8, 4) is 0 Å². The first-order chi connectivity index (χ1) is 15.2. The first-order valence-corrected chi connectivity index (χ1v) is 12.8. The van der Waals surface area contributed by atoms with Gasteiger partial charge in [0.05, 0.1) is 16.3 Å². The number of sulfonamides is 1. The highest BCUT2D eigenvalue weighted by Gasteiger charge is 2.28. The van der Waals surface area contributed by atoms with E-state index in [1.807, 2.05) is 64.1 Å². The van der Waals surface area contributed by atoms with Crippen molar-refractivity contribution >= 4 is 39.1 Å². The normalized spacial score (nSPS) is 11.2. The van der Waals surface area contributed by atoms with Crippen LogP contribution in [-0.2, 0) is 14.8 Å². The van der Waals surface area contributed by atoms with Gasteiger partial charge in [-0.05, 0) is 62.4 Å². The molecule has 32 heavy (non-hydrogen) atoms. The maximum absolute atomic E-state index is 13.6. The van der Waals surface area contributed by atoms with Crippen LogP contribution in [0.2, 0.25) is 0 Å². The number of rotatable bonds is 8. The average molecular weight is 469 g/mol. The van der Waals surface area contributed by atoms with Crippen LogP contribution in [0, 0.1) is 20.8 Å². The second-order valence-electron chi connectivity index (χ2n) is 7.59. The maximum atomic E-state index is 13.6. The third-order valence-corrected chi connectivity index (χ3v) is 7.71. The van der Waals surface area contributed by atoms with Crippen LogP contribution in [0.4, 0.5) is 11.4 Å². The van der Waals surface area contributed by atoms with Crippen LogP contribution in [0.15, 0.2) is 76.5 Å². The molecule has 7 heteroatoms. The fourth-order valence-corrected chi connectivity index (χ4v) is 5.64. The number of aryl methyl sites for hydroxylation is 3. The summed E-state index contributed by atoms with van der Waals surface area (Å²) < 4.78 is 28.4. The number of carbonyl (C=O) groups excluding carboxylic acids is 1. The van der Waals surface area contributed by atoms with Gasteiger partial charge < -0.3 is 5.32 Å². The van der Waals surface area contributed by atoms with Gasteiger partial charge in [0.2, 0.25) is 5.91 Å². The Bertz CT molecular complexity index is 1210. The molecule has 0 spiro atoms. The minimum atomic E-state index is -3.95. The van der Waals surface area contributed by atoms with Gasteiger partial charge in [0.1, 0.15) is 6.54 Å². The summed E-state index contributed by atoms with van der Waals surface area (Å²) in [6.07, 6.45) is 0. The molecule has 1 N–H and O–H groups in total. The molecule has 3 rings (SSSR count). The fraction of sp³-hybridized carbons (Fsp3) is 0.240. The highest BCUT2D eigenvalue weighted by Crippen LogP contribution is 2.29. The van der Waals surface area contributed by atoms with Gasteiger partial charge in [-0.3, -0.25) is 9.10 Å². The number of nitrogens with one attached hydrogen (secondary N) is 1. The zero-order valence-corrected chi connectivity index (χ0v) is 20.4. The van der Waals surface area contributed by atoms with E-state index in [-0.39, 0.29) is 11.4 Å². The predicted octanol–water partition coefficient (Wildman–Crippen LogP) is 5.56. The number of amides is 1. The van der Waals surface area contributed by atoms with Gasteiger partial charge in [0.15, 0.2) is 0 Å². The lowest BCUT2D eigenvalue weighted by Gasteiger charge is -2.26. The molecule has 0 fully saturated rings. The number of para-hydroxylation sites is 1. The van der Waals surface area contributed by atoms with E-state index >= 15 is 0 Å². The summed E-state index contributed by atoms with van der Waals surface area (Å²) in [7, 11) is -3.95. The molecule has 0 aliphatic rings. The Morgan fingerprint density at radius 1 is 0.938 bits per heavy atom. The third kappa shape index (κ3) is 5.53. The second-order valence-corrected chi connectivity index (χ2v) is 10.8. The van der Waals surface area contributed by atoms with Crippen LogP contribution in [0.3, 0.4) is 0 Å². The van der Waals surface area contributed by atoms with Crippen molar-refractivity contribution in [3.63, 3.8) is 0 Å². The smallest absolute Gasteiger partial charge is 0.264 e. The lowest BCUT2D eigenvalue weighted by Crippen LogP contribution is -2.38. The van der Waals surface area contributed by atoms with E-state index in [9.17, 15) is 13.2 Å². The van der Waals surface area contributed by atoms with Crippen molar-refractivity contribution in [2.75, 3.05) is 21.9 Å². The van der Waals surface area contributed by atoms with E-state index in [4.69, 9.17) is 0 Å². The van der Waals surface area contributed by atoms with Gasteiger partial charge in [-0.1, -0.05) is 54.4 Å². The van der Waals surface area contributed by atoms with E-state index in [1.165, 1.54) is 4.31 Å². The zero-order chi connectivity index (χ0) is 23.3. The fourth-order valence-electron chi connectivity index (χ4n) is 3.39. The Labute approximate surface area is 194 Å². The number of carbonyl (C=O) groups is 1. The maximum Gasteiger partial charge on any atom is 0.264 e. The Morgan fingerprint density at radius 2 is 1.59 bits per heavy atom. The van der Waals surface area contributed by atoms with Gasteiger partial charge in [-0.25, -0.2) is 8.42 Å². The van der Waals surface area contributed by atoms with Crippen molar-refractivity contribution < 1.29 is 13.2 Å².